The van der Waals surface area contributed by atoms with E-state index in [1.165, 1.54) is 57.8 Å². The number of phosphoric acid groups is 1. The molecular formula is C63H105NO8P+. The second kappa shape index (κ2) is 53.0. The van der Waals surface area contributed by atoms with Gasteiger partial charge in [0.25, 0.3) is 0 Å². The number of hydrogen-bond acceptors (Lipinski definition) is 7. The van der Waals surface area contributed by atoms with Gasteiger partial charge in [0.15, 0.2) is 6.10 Å². The number of carbonyl (C=O) groups is 2. The van der Waals surface area contributed by atoms with Crippen LogP contribution in [0.1, 0.15) is 200 Å². The number of nitrogens with zero attached hydrogens (tertiary/aromatic N) is 1. The molecule has 0 bridgehead atoms. The van der Waals surface area contributed by atoms with Crippen molar-refractivity contribution in [2.45, 2.75) is 206 Å². The summed E-state index contributed by atoms with van der Waals surface area (Å²) in [7, 11) is 1.44. The second-order valence-electron chi connectivity index (χ2n) is 19.6. The Morgan fingerprint density at radius 2 is 0.781 bits per heavy atom. The fraction of sp³-hybridized carbons (Fsp3) is 0.619. The molecule has 0 aromatic rings. The van der Waals surface area contributed by atoms with Gasteiger partial charge in [-0.3, -0.25) is 18.6 Å². The lowest BCUT2D eigenvalue weighted by Gasteiger charge is -2.24. The molecule has 0 aromatic heterocycles. The number of carbonyl (C=O) groups excluding carboxylic acids is 2. The highest BCUT2D eigenvalue weighted by molar-refractivity contribution is 7.47. The molecule has 0 aliphatic carbocycles. The first-order valence-corrected chi connectivity index (χ1v) is 29.9. The van der Waals surface area contributed by atoms with Crippen LogP contribution in [0, 0.1) is 0 Å². The van der Waals surface area contributed by atoms with Gasteiger partial charge >= 0.3 is 19.8 Å². The van der Waals surface area contributed by atoms with Crippen LogP contribution in [-0.4, -0.2) is 74.9 Å². The Hall–Kier alpha value is -3.85. The smallest absolute Gasteiger partial charge is 0.462 e. The lowest BCUT2D eigenvalue weighted by Crippen LogP contribution is -2.37. The Bertz CT molecular complexity index is 1690. The van der Waals surface area contributed by atoms with E-state index >= 15 is 0 Å². The highest BCUT2D eigenvalue weighted by Gasteiger charge is 2.27. The zero-order valence-electron chi connectivity index (χ0n) is 46.8. The summed E-state index contributed by atoms with van der Waals surface area (Å²) in [5.41, 5.74) is 0. The molecule has 0 radical (unpaired) electrons. The minimum absolute atomic E-state index is 0.0189. The molecule has 10 heteroatoms. The maximum Gasteiger partial charge on any atom is 0.472 e. The van der Waals surface area contributed by atoms with E-state index in [0.29, 0.717) is 17.4 Å². The molecule has 0 heterocycles. The van der Waals surface area contributed by atoms with Crippen molar-refractivity contribution in [1.82, 2.24) is 0 Å². The summed E-state index contributed by atoms with van der Waals surface area (Å²) in [5.74, 6) is -0.845. The van der Waals surface area contributed by atoms with Gasteiger partial charge in [0.1, 0.15) is 19.8 Å². The van der Waals surface area contributed by atoms with Gasteiger partial charge in [-0.1, -0.05) is 225 Å². The van der Waals surface area contributed by atoms with Crippen LogP contribution in [-0.2, 0) is 32.7 Å². The van der Waals surface area contributed by atoms with Gasteiger partial charge in [-0.05, 0) is 96.3 Å². The summed E-state index contributed by atoms with van der Waals surface area (Å²) in [6.45, 7) is 4.25. The van der Waals surface area contributed by atoms with E-state index in [0.717, 1.165) is 109 Å². The largest absolute Gasteiger partial charge is 0.472 e. The number of allylic oxidation sites excluding steroid dienone is 22. The third-order valence-electron chi connectivity index (χ3n) is 11.4. The minimum atomic E-state index is -4.40. The number of ether oxygens (including phenoxy) is 2. The van der Waals surface area contributed by atoms with E-state index in [9.17, 15) is 19.0 Å². The lowest BCUT2D eigenvalue weighted by atomic mass is 10.0. The molecule has 73 heavy (non-hydrogen) atoms. The molecule has 9 nitrogen and oxygen atoms in total. The van der Waals surface area contributed by atoms with Crippen molar-refractivity contribution in [3.63, 3.8) is 0 Å². The highest BCUT2D eigenvalue weighted by Crippen LogP contribution is 2.43. The molecule has 2 unspecified atom stereocenters. The SMILES string of the molecule is CC/C=C\C/C=C\C/C=C\C/C=C\C/C=C\C/C=C\C/C=C\C/C=C\C/C=C\C/C=C\C/C=C\CCCCCC(=O)OC(COC(=O)CCCCCCCCCCCCCC)COP(=O)(O)OCC[N+](C)(C)C. The average Bonchev–Trinajstić information content (AvgIpc) is 3.35. The number of quaternary nitrogens is 1. The molecule has 0 rings (SSSR count). The van der Waals surface area contributed by atoms with Crippen molar-refractivity contribution < 1.29 is 42.1 Å². The van der Waals surface area contributed by atoms with Crippen molar-refractivity contribution in [2.75, 3.05) is 47.5 Å². The molecule has 0 aromatic carbocycles. The second-order valence-corrected chi connectivity index (χ2v) is 21.0. The van der Waals surface area contributed by atoms with Crippen LogP contribution < -0.4 is 0 Å². The lowest BCUT2D eigenvalue weighted by molar-refractivity contribution is -0.870. The fourth-order valence-corrected chi connectivity index (χ4v) is 7.82. The predicted molar refractivity (Wildman–Crippen MR) is 311 cm³/mol. The molecule has 0 fully saturated rings. The van der Waals surface area contributed by atoms with Crippen LogP contribution in [0.3, 0.4) is 0 Å². The Balaban J connectivity index is 4.22. The molecule has 1 N–H and O–H groups in total. The summed E-state index contributed by atoms with van der Waals surface area (Å²) in [6.07, 6.45) is 76.7. The van der Waals surface area contributed by atoms with Crippen LogP contribution in [0.25, 0.3) is 0 Å². The molecule has 0 amide bonds. The van der Waals surface area contributed by atoms with Gasteiger partial charge in [0.05, 0.1) is 27.7 Å². The topological polar surface area (TPSA) is 108 Å². The standard InChI is InChI=1S/C63H104NO8P/c1-6-8-10-12-14-16-18-20-21-22-23-24-25-26-27-28-29-30-31-32-33-34-35-36-37-38-39-40-41-42-43-44-46-48-50-52-54-56-63(66)72-61(60-71-73(67,68)70-58-57-64(3,4)5)59-69-62(65)55-53-51-49-47-45-19-17-15-13-11-9-7-2/h8,10,14,16,20-21,23-24,26-27,29-30,32-33,35-36,38-39,41-42,44,46,61H,6-7,9,11-13,15,17-19,22,25,28,31,34,37,40,43,45,47-60H2,1-5H3/p+1/b10-8-,16-14-,21-20-,24-23-,27-26-,30-29-,33-32-,36-35-,39-38-,42-41-,46-44-. The van der Waals surface area contributed by atoms with Gasteiger partial charge < -0.3 is 18.9 Å². The summed E-state index contributed by atoms with van der Waals surface area (Å²) < 4.78 is 34.4. The molecule has 0 spiro atoms. The van der Waals surface area contributed by atoms with Crippen LogP contribution in [0.2, 0.25) is 0 Å². The number of esters is 2. The molecule has 0 aliphatic rings. The third-order valence-corrected chi connectivity index (χ3v) is 12.4. The van der Waals surface area contributed by atoms with E-state index in [1.54, 1.807) is 0 Å². The summed E-state index contributed by atoms with van der Waals surface area (Å²) in [4.78, 5) is 35.5. The maximum atomic E-state index is 12.8. The predicted octanol–water partition coefficient (Wildman–Crippen LogP) is 17.8. The Kier molecular flexibility index (Phi) is 50.2. The summed E-state index contributed by atoms with van der Waals surface area (Å²) >= 11 is 0. The third kappa shape index (κ3) is 57.3. The summed E-state index contributed by atoms with van der Waals surface area (Å²) in [6, 6.07) is 0. The molecule has 2 atom stereocenters. The van der Waals surface area contributed by atoms with E-state index < -0.39 is 26.5 Å². The van der Waals surface area contributed by atoms with Crippen LogP contribution in [0.4, 0.5) is 0 Å². The molecule has 0 saturated heterocycles. The van der Waals surface area contributed by atoms with E-state index in [1.807, 2.05) is 21.1 Å². The van der Waals surface area contributed by atoms with Crippen LogP contribution in [0.5, 0.6) is 0 Å². The summed E-state index contributed by atoms with van der Waals surface area (Å²) in [5, 5.41) is 0. The molecule has 0 aliphatic heterocycles. The number of rotatable bonds is 50. The Morgan fingerprint density at radius 3 is 1.16 bits per heavy atom. The van der Waals surface area contributed by atoms with Crippen molar-refractivity contribution in [3.8, 4) is 0 Å². The van der Waals surface area contributed by atoms with Crippen LogP contribution in [0.15, 0.2) is 134 Å². The quantitative estimate of drug-likeness (QED) is 0.0211. The van der Waals surface area contributed by atoms with Crippen LogP contribution >= 0.6 is 7.82 Å². The number of phosphoric ester groups is 1. The van der Waals surface area contributed by atoms with Crippen molar-refractivity contribution >= 4 is 19.8 Å². The van der Waals surface area contributed by atoms with Crippen molar-refractivity contribution in [3.05, 3.63) is 134 Å². The number of likely N-dealkylation sites (N-methyl/N-ethyl adjacent to an activating group) is 1. The Morgan fingerprint density at radius 1 is 0.438 bits per heavy atom. The van der Waals surface area contributed by atoms with Crippen molar-refractivity contribution in [1.29, 1.82) is 0 Å². The normalized spacial score (nSPS) is 14.3. The molecule has 0 saturated carbocycles. The first-order valence-electron chi connectivity index (χ1n) is 28.4. The molecular weight excluding hydrogens is 930 g/mol. The first kappa shape index (κ1) is 69.2. The maximum absolute atomic E-state index is 12.8. The van der Waals surface area contributed by atoms with Gasteiger partial charge in [0, 0.05) is 12.8 Å². The van der Waals surface area contributed by atoms with E-state index in [-0.39, 0.29) is 32.0 Å². The zero-order valence-corrected chi connectivity index (χ0v) is 47.7. The average molecular weight is 1040 g/mol. The van der Waals surface area contributed by atoms with Gasteiger partial charge in [-0.15, -0.1) is 0 Å². The highest BCUT2D eigenvalue weighted by atomic mass is 31.2. The fourth-order valence-electron chi connectivity index (χ4n) is 7.08. The van der Waals surface area contributed by atoms with Crippen molar-refractivity contribution in [2.24, 2.45) is 0 Å². The molecule has 414 valence electrons. The zero-order chi connectivity index (χ0) is 53.5. The van der Waals surface area contributed by atoms with Gasteiger partial charge in [0.2, 0.25) is 0 Å². The first-order chi connectivity index (χ1) is 35.5. The van der Waals surface area contributed by atoms with Gasteiger partial charge in [-0.25, -0.2) is 4.57 Å². The number of hydrogen-bond donors (Lipinski definition) is 1. The van der Waals surface area contributed by atoms with E-state index in [4.69, 9.17) is 18.5 Å². The minimum Gasteiger partial charge on any atom is -0.462 e. The van der Waals surface area contributed by atoms with Gasteiger partial charge in [-0.2, -0.15) is 0 Å². The monoisotopic (exact) mass is 1030 g/mol. The number of unbranched alkanes of at least 4 members (excludes halogenated alkanes) is 14. The van der Waals surface area contributed by atoms with E-state index in [2.05, 4.69) is 148 Å². The Labute approximate surface area is 447 Å².